The van der Waals surface area contributed by atoms with Crippen LogP contribution in [0.4, 0.5) is 5.69 Å². The van der Waals surface area contributed by atoms with Crippen LogP contribution >= 0.6 is 0 Å². The van der Waals surface area contributed by atoms with Gasteiger partial charge in [-0.15, -0.1) is 0 Å². The maximum absolute atomic E-state index is 13.9. The molecule has 20 nitrogen and oxygen atoms in total. The summed E-state index contributed by atoms with van der Waals surface area (Å²) in [7, 11) is 2.59. The number of likely N-dealkylation sites (N-methyl/N-ethyl adjacent to an activating group) is 2. The summed E-state index contributed by atoms with van der Waals surface area (Å²) in [5, 5.41) is 71.7. The van der Waals surface area contributed by atoms with Gasteiger partial charge in [0.1, 0.15) is 36.0 Å². The minimum atomic E-state index is -1.62. The summed E-state index contributed by atoms with van der Waals surface area (Å²) in [6.45, 7) is 5.49. The van der Waals surface area contributed by atoms with Gasteiger partial charge >= 0.3 is 5.97 Å². The first-order valence-corrected chi connectivity index (χ1v) is 20.1. The number of phenolic OH excluding ortho intramolecular Hbond substituents is 2. The molecule has 1 aliphatic heterocycles. The number of carbonyl (C=O) groups excluding carboxylic acids is 6. The van der Waals surface area contributed by atoms with Crippen molar-refractivity contribution in [3.05, 3.63) is 46.7 Å². The molecule has 4 bridgehead atoms. The fourth-order valence-corrected chi connectivity index (χ4v) is 6.81. The highest BCUT2D eigenvalue weighted by Crippen LogP contribution is 2.41. The Morgan fingerprint density at radius 3 is 2.18 bits per heavy atom. The van der Waals surface area contributed by atoms with E-state index < -0.39 is 108 Å². The summed E-state index contributed by atoms with van der Waals surface area (Å²) in [5.74, 6) is -6.86. The molecule has 0 saturated carbocycles. The van der Waals surface area contributed by atoms with E-state index in [-0.39, 0.29) is 34.6 Å². The third-order valence-corrected chi connectivity index (χ3v) is 10.5. The van der Waals surface area contributed by atoms with E-state index in [9.17, 15) is 64.4 Å². The normalized spacial score (nSPS) is 18.1. The van der Waals surface area contributed by atoms with Crippen LogP contribution in [-0.2, 0) is 40.0 Å². The van der Waals surface area contributed by atoms with Gasteiger partial charge in [0.2, 0.25) is 41.1 Å². The van der Waals surface area contributed by atoms with Crippen LogP contribution in [0.1, 0.15) is 89.8 Å². The highest BCUT2D eigenvalue weighted by Gasteiger charge is 2.34. The molecule has 1 aliphatic rings. The fraction of sp³-hybridized carbons (Fsp3) is 0.537. The highest BCUT2D eigenvalue weighted by molar-refractivity contribution is 5.96. The molecule has 10 N–H and O–H groups in total. The Hall–Kier alpha value is -5.83. The van der Waals surface area contributed by atoms with Gasteiger partial charge in [0.15, 0.2) is 5.75 Å². The Labute approximate surface area is 353 Å². The first kappa shape index (κ1) is 49.5. The van der Waals surface area contributed by atoms with E-state index in [0.29, 0.717) is 12.3 Å². The van der Waals surface area contributed by atoms with Gasteiger partial charge in [-0.2, -0.15) is 5.23 Å². The van der Waals surface area contributed by atoms with E-state index in [1.807, 2.05) is 0 Å². The number of carboxylic acids is 1. The van der Waals surface area contributed by atoms with Gasteiger partial charge in [0, 0.05) is 44.1 Å². The average Bonchev–Trinajstić information content (AvgIpc) is 3.19. The number of nitrogens with one attached hydrogen (secondary N) is 5. The zero-order valence-corrected chi connectivity index (χ0v) is 35.3. The van der Waals surface area contributed by atoms with E-state index in [0.717, 1.165) is 54.0 Å². The third-order valence-electron chi connectivity index (χ3n) is 10.5. The van der Waals surface area contributed by atoms with Crippen molar-refractivity contribution >= 4 is 47.1 Å². The molecule has 2 aromatic carbocycles. The molecule has 0 fully saturated rings. The average molecular weight is 858 g/mol. The van der Waals surface area contributed by atoms with Gasteiger partial charge in [-0.3, -0.25) is 28.8 Å². The number of aliphatic hydroxyl groups excluding tert-OH is 1. The Kier molecular flexibility index (Phi) is 18.4. The van der Waals surface area contributed by atoms with Crippen molar-refractivity contribution in [1.82, 2.24) is 31.1 Å². The van der Waals surface area contributed by atoms with E-state index in [4.69, 9.17) is 0 Å². The number of unbranched alkanes of at least 4 members (excludes halogenated alkanes) is 4. The second-order valence-corrected chi connectivity index (χ2v) is 15.7. The number of amides is 6. The van der Waals surface area contributed by atoms with Crippen LogP contribution in [0.15, 0.2) is 30.3 Å². The van der Waals surface area contributed by atoms with E-state index in [2.05, 4.69) is 35.1 Å². The summed E-state index contributed by atoms with van der Waals surface area (Å²) >= 11 is 0. The second kappa shape index (κ2) is 22.7. The van der Waals surface area contributed by atoms with Crippen LogP contribution in [0.2, 0.25) is 0 Å². The number of nitrogens with zero attached hydrogens (tertiary/aromatic N) is 2. The summed E-state index contributed by atoms with van der Waals surface area (Å²) in [6.07, 6.45) is 5.52. The van der Waals surface area contributed by atoms with Crippen molar-refractivity contribution in [2.75, 3.05) is 27.2 Å². The maximum Gasteiger partial charge on any atom is 0.326 e. The van der Waals surface area contributed by atoms with Crippen LogP contribution in [0.25, 0.3) is 11.1 Å². The number of benzene rings is 2. The number of aromatic hydroxyl groups is 2. The SMILES string of the molecule is CC(C)CCCCCCCC(=O)N(C)[C@H](CO)C(=O)N[C@H](C)C(=O)NCC(=O)N(C)[C@H]1C(=O)N[C@@H](C)C(=O)N[C@H](C(=O)O)Cc2cc(c(O)c([NH+]([O-])O)c2)-c2cc1ccc2O. The molecule has 6 amide bonds. The Bertz CT molecular complexity index is 1920. The molecule has 0 aliphatic carbocycles. The van der Waals surface area contributed by atoms with Gasteiger partial charge in [0.05, 0.1) is 13.2 Å². The van der Waals surface area contributed by atoms with Crippen molar-refractivity contribution in [1.29, 1.82) is 0 Å². The molecule has 61 heavy (non-hydrogen) atoms. The largest absolute Gasteiger partial charge is 0.595 e. The first-order chi connectivity index (χ1) is 28.7. The molecule has 0 saturated heterocycles. The van der Waals surface area contributed by atoms with Gasteiger partial charge in [-0.25, -0.2) is 10.0 Å². The quantitative estimate of drug-likeness (QED) is 0.0542. The lowest BCUT2D eigenvalue weighted by Crippen LogP contribution is -2.99. The van der Waals surface area contributed by atoms with E-state index in [1.165, 1.54) is 46.1 Å². The van der Waals surface area contributed by atoms with Crippen LogP contribution in [0.5, 0.6) is 11.5 Å². The van der Waals surface area contributed by atoms with Crippen LogP contribution < -0.4 is 26.5 Å². The van der Waals surface area contributed by atoms with Gasteiger partial charge in [0.25, 0.3) is 0 Å². The predicted molar refractivity (Wildman–Crippen MR) is 219 cm³/mol. The number of fused-ring (bicyclic) bond motifs is 5. The number of aliphatic carboxylic acids is 1. The number of hydrogen-bond acceptors (Lipinski definition) is 12. The third kappa shape index (κ3) is 13.6. The van der Waals surface area contributed by atoms with E-state index in [1.54, 1.807) is 0 Å². The van der Waals surface area contributed by atoms with Crippen molar-refractivity contribution in [2.45, 2.75) is 109 Å². The Morgan fingerprint density at radius 1 is 0.902 bits per heavy atom. The van der Waals surface area contributed by atoms with Crippen molar-refractivity contribution in [3.63, 3.8) is 0 Å². The molecule has 6 atom stereocenters. The standard InChI is InChI=1S/C41H59N7O13/c1-22(2)12-10-8-7-9-11-13-33(51)46(5)31(21-49)39(56)43-23(3)37(54)42-20-34(52)47(6)35-26-14-15-32(50)27(19-26)28-16-25(18-30(36(28)53)48(60)61)17-29(41(58)59)45-38(55)24(4)44-40(35)57/h14-16,18-19,22-24,29,31,35,48-50,53,60H,7-13,17,20-21H2,1-6H3,(H,42,54)(H,43,56)(H,44,57)(H,45,55)(H,58,59)/t23-,24+,29+,31-,35-/m1/s1. The minimum Gasteiger partial charge on any atom is -0.595 e. The molecule has 0 aromatic heterocycles. The number of phenols is 2. The Balaban J connectivity index is 1.80. The summed E-state index contributed by atoms with van der Waals surface area (Å²) < 4.78 is 0. The van der Waals surface area contributed by atoms with Crippen molar-refractivity contribution in [3.8, 4) is 22.6 Å². The molecule has 1 unspecified atom stereocenters. The lowest BCUT2D eigenvalue weighted by atomic mass is 9.93. The first-order valence-electron chi connectivity index (χ1n) is 20.1. The number of aliphatic hydroxyl groups is 1. The monoisotopic (exact) mass is 857 g/mol. The zero-order valence-electron chi connectivity index (χ0n) is 35.3. The molecule has 0 radical (unpaired) electrons. The molecular formula is C41H59N7O13. The van der Waals surface area contributed by atoms with Crippen LogP contribution in [0, 0.1) is 11.1 Å². The Morgan fingerprint density at radius 2 is 1.56 bits per heavy atom. The predicted octanol–water partition coefficient (Wildman–Crippen LogP) is 0.125. The lowest BCUT2D eigenvalue weighted by Gasteiger charge is -2.30. The number of carboxylic acid groups (broad SMARTS) is 1. The van der Waals surface area contributed by atoms with Crippen molar-refractivity contribution in [2.24, 2.45) is 5.92 Å². The summed E-state index contributed by atoms with van der Waals surface area (Å²) in [6, 6.07) is -1.25. The molecule has 3 rings (SSSR count). The van der Waals surface area contributed by atoms with Crippen LogP contribution in [-0.4, -0.2) is 128 Å². The molecule has 20 heteroatoms. The number of carbonyl (C=O) groups is 7. The molecule has 336 valence electrons. The summed E-state index contributed by atoms with van der Waals surface area (Å²) in [5.41, 5.74) is -1.01. The zero-order chi connectivity index (χ0) is 45.7. The van der Waals surface area contributed by atoms with Gasteiger partial charge < -0.3 is 56.7 Å². The van der Waals surface area contributed by atoms with E-state index >= 15 is 0 Å². The fourth-order valence-electron chi connectivity index (χ4n) is 6.81. The lowest BCUT2D eigenvalue weighted by molar-refractivity contribution is -0.991. The topological polar surface area (TPSA) is 303 Å². The highest BCUT2D eigenvalue weighted by atomic mass is 16.8. The van der Waals surface area contributed by atoms with Crippen molar-refractivity contribution < 1.29 is 64.4 Å². The summed E-state index contributed by atoms with van der Waals surface area (Å²) in [4.78, 5) is 93.8. The number of hydrogen-bond donors (Lipinski definition) is 10. The van der Waals surface area contributed by atoms with Crippen LogP contribution in [0.3, 0.4) is 0 Å². The number of rotatable bonds is 18. The van der Waals surface area contributed by atoms with Gasteiger partial charge in [-0.1, -0.05) is 52.0 Å². The molecule has 2 aromatic rings. The maximum atomic E-state index is 13.9. The number of quaternary nitrogens is 1. The minimum absolute atomic E-state index is 0.0122. The molecular weight excluding hydrogens is 798 g/mol. The molecule has 1 heterocycles. The smallest absolute Gasteiger partial charge is 0.326 e. The van der Waals surface area contributed by atoms with Gasteiger partial charge in [-0.05, 0) is 55.5 Å². The molecule has 0 spiro atoms. The second-order valence-electron chi connectivity index (χ2n) is 15.7.